The van der Waals surface area contributed by atoms with E-state index < -0.39 is 5.97 Å². The Labute approximate surface area is 85.8 Å². The lowest BCUT2D eigenvalue weighted by Gasteiger charge is -1.96. The second-order valence-electron chi connectivity index (χ2n) is 2.63. The van der Waals surface area contributed by atoms with Crippen molar-refractivity contribution >= 4 is 5.97 Å². The first-order chi connectivity index (χ1) is 6.81. The van der Waals surface area contributed by atoms with Crippen molar-refractivity contribution in [2.24, 2.45) is 0 Å². The molecule has 0 saturated carbocycles. The first-order valence-corrected chi connectivity index (χ1v) is 4.90. The van der Waals surface area contributed by atoms with Gasteiger partial charge in [0.25, 0.3) is 0 Å². The van der Waals surface area contributed by atoms with E-state index in [1.54, 1.807) is 6.61 Å². The Hall–Kier alpha value is -1.01. The molecule has 14 heavy (non-hydrogen) atoms. The molecule has 0 fully saturated rings. The fourth-order valence-electron chi connectivity index (χ4n) is 0.677. The second kappa shape index (κ2) is 10.1. The summed E-state index contributed by atoms with van der Waals surface area (Å²) in [4.78, 5) is 10.8. The van der Waals surface area contributed by atoms with Crippen LogP contribution in [0.4, 0.5) is 0 Å². The van der Waals surface area contributed by atoms with E-state index in [9.17, 15) is 4.79 Å². The molecular weight excluding hydrogens is 180 g/mol. The Morgan fingerprint density at radius 1 is 1.36 bits per heavy atom. The Kier molecular flexibility index (Phi) is 9.35. The van der Waals surface area contributed by atoms with Crippen LogP contribution in [0, 0.1) is 18.4 Å². The number of carbonyl (C=O) groups is 1. The number of ether oxygens (including phenoxy) is 2. The van der Waals surface area contributed by atoms with Crippen molar-refractivity contribution in [2.45, 2.75) is 33.1 Å². The maximum absolute atomic E-state index is 10.8. The van der Waals surface area contributed by atoms with Gasteiger partial charge in [-0.05, 0) is 12.8 Å². The predicted molar refractivity (Wildman–Crippen MR) is 54.2 cm³/mol. The third-order valence-electron chi connectivity index (χ3n) is 1.26. The van der Waals surface area contributed by atoms with Gasteiger partial charge in [0.2, 0.25) is 0 Å². The molecule has 0 amide bonds. The third-order valence-corrected chi connectivity index (χ3v) is 1.26. The van der Waals surface area contributed by atoms with Gasteiger partial charge >= 0.3 is 5.97 Å². The lowest BCUT2D eigenvalue weighted by molar-refractivity contribution is -0.136. The predicted octanol–water partition coefficient (Wildman–Crippen LogP) is 1.92. The third kappa shape index (κ3) is 9.08. The number of hydrogen-bond donors (Lipinski definition) is 0. The van der Waals surface area contributed by atoms with Crippen molar-refractivity contribution < 1.29 is 14.3 Å². The lowest BCUT2D eigenvalue weighted by Crippen LogP contribution is -2.01. The molecule has 0 bridgehead atoms. The standard InChI is InChI=1S/C11H17O3/c1-3-8-13-10-6-5-7-11(12)14-9-4-2/h8H,3-4,6,9-10H2,1-2H3. The highest BCUT2D eigenvalue weighted by molar-refractivity contribution is 5.88. The maximum Gasteiger partial charge on any atom is 0.384 e. The molecule has 0 aromatic rings. The minimum absolute atomic E-state index is 0.438. The number of rotatable bonds is 6. The molecule has 0 aliphatic heterocycles. The van der Waals surface area contributed by atoms with Crippen molar-refractivity contribution in [2.75, 3.05) is 13.2 Å². The zero-order valence-corrected chi connectivity index (χ0v) is 8.84. The van der Waals surface area contributed by atoms with Crippen LogP contribution in [0.5, 0.6) is 0 Å². The minimum atomic E-state index is -0.452. The van der Waals surface area contributed by atoms with Crippen molar-refractivity contribution in [3.63, 3.8) is 0 Å². The SMILES string of the molecule is CC[CH]OCCC#CC(=O)OCCC. The van der Waals surface area contributed by atoms with Gasteiger partial charge in [-0.3, -0.25) is 0 Å². The van der Waals surface area contributed by atoms with Crippen LogP contribution >= 0.6 is 0 Å². The topological polar surface area (TPSA) is 35.5 Å². The molecule has 0 aromatic carbocycles. The van der Waals surface area contributed by atoms with Crippen LogP contribution in [0.25, 0.3) is 0 Å². The zero-order valence-electron chi connectivity index (χ0n) is 8.84. The fourth-order valence-corrected chi connectivity index (χ4v) is 0.677. The van der Waals surface area contributed by atoms with Crippen molar-refractivity contribution in [1.82, 2.24) is 0 Å². The molecule has 79 valence electrons. The summed E-state index contributed by atoms with van der Waals surface area (Å²) in [6.07, 6.45) is 2.26. The number of esters is 1. The lowest BCUT2D eigenvalue weighted by atomic mass is 10.4. The molecular formula is C11H17O3. The molecule has 3 heteroatoms. The normalized spacial score (nSPS) is 9.00. The van der Waals surface area contributed by atoms with Gasteiger partial charge in [-0.2, -0.15) is 0 Å². The molecule has 1 radical (unpaired) electrons. The summed E-state index contributed by atoms with van der Waals surface area (Å²) in [6, 6.07) is 0. The Morgan fingerprint density at radius 3 is 2.79 bits per heavy atom. The van der Waals surface area contributed by atoms with Crippen LogP contribution in [0.3, 0.4) is 0 Å². The van der Waals surface area contributed by atoms with E-state index in [2.05, 4.69) is 11.8 Å². The van der Waals surface area contributed by atoms with Crippen LogP contribution in [-0.2, 0) is 14.3 Å². The van der Waals surface area contributed by atoms with Gasteiger partial charge in [0, 0.05) is 12.3 Å². The van der Waals surface area contributed by atoms with Gasteiger partial charge in [-0.1, -0.05) is 19.8 Å². The summed E-state index contributed by atoms with van der Waals surface area (Å²) in [5.74, 6) is 4.62. The zero-order chi connectivity index (χ0) is 10.6. The van der Waals surface area contributed by atoms with Crippen LogP contribution in [-0.4, -0.2) is 19.2 Å². The van der Waals surface area contributed by atoms with Crippen LogP contribution < -0.4 is 0 Å². The average molecular weight is 197 g/mol. The van der Waals surface area contributed by atoms with E-state index in [4.69, 9.17) is 9.47 Å². The van der Waals surface area contributed by atoms with Gasteiger partial charge in [-0.15, -0.1) is 0 Å². The smallest absolute Gasteiger partial charge is 0.384 e. The highest BCUT2D eigenvalue weighted by Crippen LogP contribution is 1.89. The summed E-state index contributed by atoms with van der Waals surface area (Å²) >= 11 is 0. The second-order valence-corrected chi connectivity index (χ2v) is 2.63. The van der Waals surface area contributed by atoms with Gasteiger partial charge in [0.1, 0.15) is 0 Å². The van der Waals surface area contributed by atoms with E-state index in [0.29, 0.717) is 19.6 Å². The van der Waals surface area contributed by atoms with E-state index in [1.165, 1.54) is 0 Å². The summed E-state index contributed by atoms with van der Waals surface area (Å²) < 4.78 is 9.82. The van der Waals surface area contributed by atoms with Crippen LogP contribution in [0.2, 0.25) is 0 Å². The molecule has 0 rings (SSSR count). The van der Waals surface area contributed by atoms with Gasteiger partial charge in [-0.25, -0.2) is 4.79 Å². The van der Waals surface area contributed by atoms with E-state index in [-0.39, 0.29) is 0 Å². The molecule has 0 saturated heterocycles. The van der Waals surface area contributed by atoms with E-state index in [0.717, 1.165) is 12.8 Å². The largest absolute Gasteiger partial charge is 0.456 e. The van der Waals surface area contributed by atoms with E-state index >= 15 is 0 Å². The van der Waals surface area contributed by atoms with Crippen molar-refractivity contribution in [3.8, 4) is 11.8 Å². The first kappa shape index (κ1) is 13.0. The molecule has 0 unspecified atom stereocenters. The van der Waals surface area contributed by atoms with Gasteiger partial charge in [0.15, 0.2) is 0 Å². The average Bonchev–Trinajstić information content (AvgIpc) is 2.20. The molecule has 0 aromatic heterocycles. The monoisotopic (exact) mass is 197 g/mol. The van der Waals surface area contributed by atoms with E-state index in [1.807, 2.05) is 13.8 Å². The molecule has 0 aliphatic carbocycles. The Balaban J connectivity index is 3.36. The Morgan fingerprint density at radius 2 is 2.14 bits per heavy atom. The summed E-state index contributed by atoms with van der Waals surface area (Å²) in [5, 5.41) is 0. The molecule has 0 atom stereocenters. The fraction of sp³-hybridized carbons (Fsp3) is 0.636. The molecule has 0 heterocycles. The number of carbonyl (C=O) groups excluding carboxylic acids is 1. The van der Waals surface area contributed by atoms with Crippen LogP contribution in [0.1, 0.15) is 33.1 Å². The highest BCUT2D eigenvalue weighted by atomic mass is 16.5. The molecule has 0 N–H and O–H groups in total. The maximum atomic E-state index is 10.8. The molecule has 0 aliphatic rings. The number of hydrogen-bond acceptors (Lipinski definition) is 3. The summed E-state index contributed by atoms with van der Waals surface area (Å²) in [7, 11) is 0. The highest BCUT2D eigenvalue weighted by Gasteiger charge is 1.93. The first-order valence-electron chi connectivity index (χ1n) is 4.90. The Bertz CT molecular complexity index is 200. The van der Waals surface area contributed by atoms with Crippen molar-refractivity contribution in [3.05, 3.63) is 6.61 Å². The van der Waals surface area contributed by atoms with Crippen molar-refractivity contribution in [1.29, 1.82) is 0 Å². The molecule has 0 spiro atoms. The minimum Gasteiger partial charge on any atom is -0.456 e. The van der Waals surface area contributed by atoms with Gasteiger partial charge in [0.05, 0.1) is 19.8 Å². The quantitative estimate of drug-likeness (QED) is 0.282. The molecule has 3 nitrogen and oxygen atoms in total. The summed E-state index contributed by atoms with van der Waals surface area (Å²) in [5.41, 5.74) is 0. The summed E-state index contributed by atoms with van der Waals surface area (Å²) in [6.45, 7) is 6.62. The van der Waals surface area contributed by atoms with Crippen LogP contribution in [0.15, 0.2) is 0 Å². The van der Waals surface area contributed by atoms with Gasteiger partial charge < -0.3 is 9.47 Å².